The number of nitrogens with two attached hydrogens (primary N) is 1. The number of aromatic nitrogens is 4. The Labute approximate surface area is 205 Å². The first-order valence-electron chi connectivity index (χ1n) is 12.4. The van der Waals surface area contributed by atoms with Crippen molar-refractivity contribution in [3.63, 3.8) is 0 Å². The Morgan fingerprint density at radius 3 is 2.63 bits per heavy atom. The first-order chi connectivity index (χ1) is 17.0. The Kier molecular flexibility index (Phi) is 6.77. The molecule has 0 radical (unpaired) electrons. The van der Waals surface area contributed by atoms with Crippen molar-refractivity contribution in [1.29, 1.82) is 0 Å². The lowest BCUT2D eigenvalue weighted by Crippen LogP contribution is -2.39. The van der Waals surface area contributed by atoms with E-state index in [-0.39, 0.29) is 5.82 Å². The number of piperidine rings is 1. The van der Waals surface area contributed by atoms with E-state index in [2.05, 4.69) is 35.5 Å². The molecular formula is C26H33FN8. The van der Waals surface area contributed by atoms with Gasteiger partial charge in [0.25, 0.3) is 0 Å². The highest BCUT2D eigenvalue weighted by atomic mass is 19.1. The second kappa shape index (κ2) is 10.1. The van der Waals surface area contributed by atoms with Gasteiger partial charge in [0, 0.05) is 57.1 Å². The van der Waals surface area contributed by atoms with Gasteiger partial charge in [0.1, 0.15) is 29.6 Å². The lowest BCUT2D eigenvalue weighted by Gasteiger charge is -2.34. The monoisotopic (exact) mass is 476 g/mol. The molecule has 35 heavy (non-hydrogen) atoms. The predicted octanol–water partition coefficient (Wildman–Crippen LogP) is 3.51. The molecular weight excluding hydrogens is 443 g/mol. The van der Waals surface area contributed by atoms with Crippen molar-refractivity contribution >= 4 is 17.9 Å². The van der Waals surface area contributed by atoms with Crippen molar-refractivity contribution in [2.75, 3.05) is 50.4 Å². The van der Waals surface area contributed by atoms with E-state index in [0.717, 1.165) is 67.5 Å². The summed E-state index contributed by atoms with van der Waals surface area (Å²) in [6.07, 6.45) is 8.62. The van der Waals surface area contributed by atoms with Gasteiger partial charge in [-0.25, -0.2) is 19.3 Å². The number of halogens is 1. The Morgan fingerprint density at radius 2 is 1.94 bits per heavy atom. The zero-order valence-corrected chi connectivity index (χ0v) is 20.5. The third kappa shape index (κ3) is 4.91. The molecule has 0 aliphatic carbocycles. The fraction of sp³-hybridized carbons (Fsp3) is 0.462. The molecule has 9 heteroatoms. The van der Waals surface area contributed by atoms with Gasteiger partial charge < -0.3 is 20.1 Å². The van der Waals surface area contributed by atoms with Gasteiger partial charge in [0.2, 0.25) is 0 Å². The lowest BCUT2D eigenvalue weighted by atomic mass is 9.95. The van der Waals surface area contributed by atoms with Crippen LogP contribution in [0.15, 0.2) is 35.7 Å². The van der Waals surface area contributed by atoms with Gasteiger partial charge >= 0.3 is 0 Å². The summed E-state index contributed by atoms with van der Waals surface area (Å²) in [4.78, 5) is 22.6. The van der Waals surface area contributed by atoms with Crippen LogP contribution in [0, 0.1) is 12.7 Å². The average molecular weight is 477 g/mol. The van der Waals surface area contributed by atoms with E-state index >= 15 is 0 Å². The molecule has 184 valence electrons. The van der Waals surface area contributed by atoms with Crippen molar-refractivity contribution in [2.45, 2.75) is 38.6 Å². The van der Waals surface area contributed by atoms with Crippen LogP contribution in [0.5, 0.6) is 0 Å². The van der Waals surface area contributed by atoms with E-state index in [1.165, 1.54) is 31.9 Å². The number of rotatable bonds is 7. The molecule has 0 bridgehead atoms. The summed E-state index contributed by atoms with van der Waals surface area (Å²) in [5.41, 5.74) is 9.39. The summed E-state index contributed by atoms with van der Waals surface area (Å²) in [5, 5.41) is 0. The highest BCUT2D eigenvalue weighted by Crippen LogP contribution is 2.33. The van der Waals surface area contributed by atoms with Crippen LogP contribution in [0.4, 0.5) is 16.0 Å². The minimum Gasteiger partial charge on any atom is -0.383 e. The summed E-state index contributed by atoms with van der Waals surface area (Å²) < 4.78 is 16.2. The zero-order valence-electron chi connectivity index (χ0n) is 20.5. The normalized spacial score (nSPS) is 17.3. The van der Waals surface area contributed by atoms with Crippen LogP contribution in [0.2, 0.25) is 0 Å². The number of hydrogen-bond donors (Lipinski definition) is 1. The van der Waals surface area contributed by atoms with Crippen LogP contribution in [0.3, 0.4) is 0 Å². The lowest BCUT2D eigenvalue weighted by molar-refractivity contribution is 0.173. The molecule has 2 aliphatic rings. The van der Waals surface area contributed by atoms with Crippen LogP contribution in [-0.4, -0.2) is 70.4 Å². The summed E-state index contributed by atoms with van der Waals surface area (Å²) in [6, 6.07) is 5.25. The summed E-state index contributed by atoms with van der Waals surface area (Å²) >= 11 is 0. The van der Waals surface area contributed by atoms with Crippen molar-refractivity contribution < 1.29 is 4.39 Å². The van der Waals surface area contributed by atoms with Crippen LogP contribution < -0.4 is 10.6 Å². The molecule has 2 aromatic heterocycles. The van der Waals surface area contributed by atoms with Gasteiger partial charge in [-0.05, 0) is 63.0 Å². The maximum Gasteiger partial charge on any atom is 0.142 e. The number of aryl methyl sites for hydroxylation is 1. The molecule has 0 amide bonds. The van der Waals surface area contributed by atoms with E-state index in [9.17, 15) is 4.39 Å². The van der Waals surface area contributed by atoms with Gasteiger partial charge in [0.05, 0.1) is 11.3 Å². The molecule has 8 nitrogen and oxygen atoms in total. The van der Waals surface area contributed by atoms with Crippen molar-refractivity contribution in [3.05, 3.63) is 53.5 Å². The number of nitrogen functional groups attached to an aromatic ring is 1. The second-order valence-corrected chi connectivity index (χ2v) is 9.48. The van der Waals surface area contributed by atoms with Crippen LogP contribution in [0.25, 0.3) is 11.3 Å². The van der Waals surface area contributed by atoms with E-state index in [1.54, 1.807) is 20.2 Å². The number of anilines is 2. The number of nitrogens with zero attached hydrogens (tertiary/aromatic N) is 7. The number of aliphatic imine (C=N–C) groups is 1. The Balaban J connectivity index is 1.37. The molecule has 2 aliphatic heterocycles. The van der Waals surface area contributed by atoms with Gasteiger partial charge in [0.15, 0.2) is 0 Å². The second-order valence-electron chi connectivity index (χ2n) is 9.48. The van der Waals surface area contributed by atoms with E-state index in [0.29, 0.717) is 17.3 Å². The highest BCUT2D eigenvalue weighted by molar-refractivity contribution is 5.91. The molecule has 0 saturated carbocycles. The first kappa shape index (κ1) is 23.4. The third-order valence-corrected chi connectivity index (χ3v) is 7.18. The quantitative estimate of drug-likeness (QED) is 0.525. The molecule has 2 N–H and O–H groups in total. The van der Waals surface area contributed by atoms with Crippen molar-refractivity contribution in [2.24, 2.45) is 4.99 Å². The molecule has 4 heterocycles. The number of hydrogen-bond acceptors (Lipinski definition) is 7. The Morgan fingerprint density at radius 1 is 1.14 bits per heavy atom. The Bertz CT molecular complexity index is 1210. The fourth-order valence-corrected chi connectivity index (χ4v) is 4.99. The topological polar surface area (TPSA) is 88.5 Å². The summed E-state index contributed by atoms with van der Waals surface area (Å²) in [6.45, 7) is 7.82. The van der Waals surface area contributed by atoms with Gasteiger partial charge in [-0.1, -0.05) is 0 Å². The van der Waals surface area contributed by atoms with Crippen LogP contribution in [0.1, 0.15) is 42.1 Å². The van der Waals surface area contributed by atoms with Crippen molar-refractivity contribution in [1.82, 2.24) is 24.4 Å². The maximum atomic E-state index is 13.9. The van der Waals surface area contributed by atoms with Gasteiger partial charge in [-0.15, -0.1) is 0 Å². The highest BCUT2D eigenvalue weighted by Gasteiger charge is 2.27. The summed E-state index contributed by atoms with van der Waals surface area (Å²) in [7, 11) is 1.72. The minimum absolute atomic E-state index is 0.184. The number of benzene rings is 1. The molecule has 0 atom stereocenters. The SMILES string of the molecule is C/N=C/c1c(N)ncnc1N1CCC(c2nc(-c3ccc(F)c(C)c3)cn2CCN2CCC2)CC1. The Hall–Kier alpha value is -3.33. The predicted molar refractivity (Wildman–Crippen MR) is 138 cm³/mol. The number of likely N-dealkylation sites (tertiary alicyclic amines) is 1. The standard InChI is InChI=1S/C26H33FN8/c1-18-14-20(4-5-22(18)27)23-16-35(13-12-33-8-3-9-33)25(32-23)19-6-10-34(11-7-19)26-21(15-29-2)24(28)30-17-31-26/h4-5,14-17,19H,3,6-13H2,1-2H3,(H2,28,30,31)/b29-15+. The summed E-state index contributed by atoms with van der Waals surface area (Å²) in [5.74, 6) is 2.57. The fourth-order valence-electron chi connectivity index (χ4n) is 4.99. The molecule has 1 aromatic carbocycles. The third-order valence-electron chi connectivity index (χ3n) is 7.18. The van der Waals surface area contributed by atoms with E-state index < -0.39 is 0 Å². The van der Waals surface area contributed by atoms with E-state index in [1.807, 2.05) is 12.1 Å². The average Bonchev–Trinajstić information content (AvgIpc) is 3.25. The van der Waals surface area contributed by atoms with Crippen LogP contribution >= 0.6 is 0 Å². The maximum absolute atomic E-state index is 13.9. The molecule has 2 fully saturated rings. The molecule has 0 unspecified atom stereocenters. The smallest absolute Gasteiger partial charge is 0.142 e. The molecule has 2 saturated heterocycles. The molecule has 0 spiro atoms. The van der Waals surface area contributed by atoms with Crippen molar-refractivity contribution in [3.8, 4) is 11.3 Å². The molecule has 5 rings (SSSR count). The van der Waals surface area contributed by atoms with Gasteiger partial charge in [-0.3, -0.25) is 4.99 Å². The zero-order chi connectivity index (χ0) is 24.4. The number of imidazole rings is 1. The van der Waals surface area contributed by atoms with Gasteiger partial charge in [-0.2, -0.15) is 0 Å². The molecule has 3 aromatic rings. The van der Waals surface area contributed by atoms with Crippen LogP contribution in [-0.2, 0) is 6.54 Å². The largest absolute Gasteiger partial charge is 0.383 e. The van der Waals surface area contributed by atoms with E-state index in [4.69, 9.17) is 10.7 Å². The minimum atomic E-state index is -0.184. The first-order valence-corrected chi connectivity index (χ1v) is 12.4.